The second kappa shape index (κ2) is 10.5. The van der Waals surface area contributed by atoms with Crippen LogP contribution in [0.3, 0.4) is 0 Å². The number of fused-ring (bicyclic) bond motifs is 1. The lowest BCUT2D eigenvalue weighted by atomic mass is 10.2. The molecular formula is C19H30BrN7O3. The SMILES string of the molecule is CCCCN(/C=N\c1nc(N)c2c(Br)nn([C@H]3C[C@H](O)[C@@H](CO)O3)c2n1)CCCC. The molecule has 3 heterocycles. The number of hydrogen-bond donors (Lipinski definition) is 3. The summed E-state index contributed by atoms with van der Waals surface area (Å²) in [6.07, 6.45) is 4.47. The standard InChI is InChI=1S/C19H30BrN7O3/c1-3-5-7-26(8-6-4-2)11-22-19-23-17(21)15-16(20)25-27(18(15)24-19)14-9-12(29)13(10-28)30-14/h11-14,28-29H,3-10H2,1-2H3,(H2,21,23,24)/b22-11-/t12-,13+,14+/m0/s1. The van der Waals surface area contributed by atoms with Gasteiger partial charge in [-0.15, -0.1) is 0 Å². The van der Waals surface area contributed by atoms with E-state index in [1.807, 2.05) is 0 Å². The van der Waals surface area contributed by atoms with E-state index in [9.17, 15) is 10.2 Å². The van der Waals surface area contributed by atoms with Crippen molar-refractivity contribution in [3.05, 3.63) is 4.60 Å². The van der Waals surface area contributed by atoms with E-state index in [0.717, 1.165) is 38.8 Å². The topological polar surface area (TPSA) is 135 Å². The van der Waals surface area contributed by atoms with Crippen molar-refractivity contribution >= 4 is 45.1 Å². The van der Waals surface area contributed by atoms with E-state index in [4.69, 9.17) is 10.5 Å². The van der Waals surface area contributed by atoms with Crippen LogP contribution in [-0.2, 0) is 4.74 Å². The third-order valence-corrected chi connectivity index (χ3v) is 5.67. The number of aliphatic hydroxyl groups excluding tert-OH is 2. The molecule has 10 nitrogen and oxygen atoms in total. The highest BCUT2D eigenvalue weighted by molar-refractivity contribution is 9.10. The fourth-order valence-corrected chi connectivity index (χ4v) is 3.93. The minimum Gasteiger partial charge on any atom is -0.394 e. The fourth-order valence-electron chi connectivity index (χ4n) is 3.38. The molecule has 1 fully saturated rings. The zero-order valence-electron chi connectivity index (χ0n) is 17.4. The normalized spacial score (nSPS) is 21.8. The first-order valence-electron chi connectivity index (χ1n) is 10.4. The smallest absolute Gasteiger partial charge is 0.254 e. The van der Waals surface area contributed by atoms with Crippen LogP contribution in [0.5, 0.6) is 0 Å². The molecule has 4 N–H and O–H groups in total. The van der Waals surface area contributed by atoms with Gasteiger partial charge in [0.1, 0.15) is 16.5 Å². The Bertz CT molecular complexity index is 867. The van der Waals surface area contributed by atoms with Crippen molar-refractivity contribution in [2.24, 2.45) is 4.99 Å². The average Bonchev–Trinajstić information content (AvgIpc) is 3.27. The van der Waals surface area contributed by atoms with Gasteiger partial charge in [0.05, 0.1) is 24.4 Å². The maximum absolute atomic E-state index is 10.1. The van der Waals surface area contributed by atoms with Gasteiger partial charge in [-0.05, 0) is 28.8 Å². The Hall–Kier alpha value is -1.82. The lowest BCUT2D eigenvalue weighted by Crippen LogP contribution is -2.24. The van der Waals surface area contributed by atoms with Crippen LogP contribution in [0.1, 0.15) is 52.2 Å². The van der Waals surface area contributed by atoms with Crippen molar-refractivity contribution in [3.63, 3.8) is 0 Å². The lowest BCUT2D eigenvalue weighted by Gasteiger charge is -2.18. The Morgan fingerprint density at radius 3 is 2.60 bits per heavy atom. The van der Waals surface area contributed by atoms with Crippen LogP contribution in [0.25, 0.3) is 11.0 Å². The van der Waals surface area contributed by atoms with Gasteiger partial charge in [0, 0.05) is 19.5 Å². The van der Waals surface area contributed by atoms with Crippen LogP contribution < -0.4 is 5.73 Å². The van der Waals surface area contributed by atoms with Crippen molar-refractivity contribution in [3.8, 4) is 0 Å². The van der Waals surface area contributed by atoms with Crippen LogP contribution in [0, 0.1) is 0 Å². The Morgan fingerprint density at radius 2 is 2.00 bits per heavy atom. The molecule has 0 bridgehead atoms. The number of unbranched alkanes of at least 4 members (excludes halogenated alkanes) is 2. The Labute approximate surface area is 184 Å². The maximum Gasteiger partial charge on any atom is 0.254 e. The van der Waals surface area contributed by atoms with Crippen LogP contribution in [-0.4, -0.2) is 73.1 Å². The second-order valence-corrected chi connectivity index (χ2v) is 8.20. The molecule has 0 radical (unpaired) electrons. The number of nitrogens with zero attached hydrogens (tertiary/aromatic N) is 6. The predicted molar refractivity (Wildman–Crippen MR) is 119 cm³/mol. The van der Waals surface area contributed by atoms with Crippen LogP contribution in [0.15, 0.2) is 9.60 Å². The summed E-state index contributed by atoms with van der Waals surface area (Å²) in [7, 11) is 0. The molecule has 0 saturated carbocycles. The summed E-state index contributed by atoms with van der Waals surface area (Å²) in [5, 5.41) is 24.4. The molecular weight excluding hydrogens is 454 g/mol. The number of halogens is 1. The van der Waals surface area contributed by atoms with Crippen LogP contribution >= 0.6 is 15.9 Å². The molecule has 30 heavy (non-hydrogen) atoms. The highest BCUT2D eigenvalue weighted by atomic mass is 79.9. The molecule has 0 spiro atoms. The number of rotatable bonds is 10. The van der Waals surface area contributed by atoms with E-state index in [2.05, 4.69) is 54.7 Å². The molecule has 166 valence electrons. The van der Waals surface area contributed by atoms with E-state index in [1.54, 1.807) is 11.0 Å². The molecule has 0 unspecified atom stereocenters. The first-order chi connectivity index (χ1) is 14.5. The summed E-state index contributed by atoms with van der Waals surface area (Å²) in [4.78, 5) is 15.5. The number of nitrogens with two attached hydrogens (primary N) is 1. The molecule has 1 aliphatic rings. The zero-order chi connectivity index (χ0) is 21.7. The second-order valence-electron chi connectivity index (χ2n) is 7.45. The van der Waals surface area contributed by atoms with E-state index < -0.39 is 18.4 Å². The van der Waals surface area contributed by atoms with Gasteiger partial charge in [-0.25, -0.2) is 9.67 Å². The fraction of sp³-hybridized carbons (Fsp3) is 0.684. The molecule has 0 aliphatic carbocycles. The van der Waals surface area contributed by atoms with Crippen molar-refractivity contribution in [1.82, 2.24) is 24.6 Å². The lowest BCUT2D eigenvalue weighted by molar-refractivity contribution is -0.0471. The van der Waals surface area contributed by atoms with Gasteiger partial charge in [0.15, 0.2) is 11.9 Å². The van der Waals surface area contributed by atoms with Gasteiger partial charge in [0.25, 0.3) is 5.95 Å². The van der Waals surface area contributed by atoms with Crippen LogP contribution in [0.4, 0.5) is 11.8 Å². The first kappa shape index (κ1) is 22.9. The Morgan fingerprint density at radius 1 is 1.30 bits per heavy atom. The molecule has 11 heteroatoms. The van der Waals surface area contributed by atoms with Crippen molar-refractivity contribution in [2.45, 2.75) is 64.4 Å². The summed E-state index contributed by atoms with van der Waals surface area (Å²) in [5.74, 6) is 0.500. The van der Waals surface area contributed by atoms with E-state index in [-0.39, 0.29) is 18.4 Å². The molecule has 3 rings (SSSR count). The summed E-state index contributed by atoms with van der Waals surface area (Å²) >= 11 is 3.40. The number of ether oxygens (including phenoxy) is 1. The third-order valence-electron chi connectivity index (χ3n) is 5.12. The third kappa shape index (κ3) is 5.08. The molecule has 1 saturated heterocycles. The number of aliphatic imine (C=N–C) groups is 1. The van der Waals surface area contributed by atoms with Crippen molar-refractivity contribution < 1.29 is 14.9 Å². The van der Waals surface area contributed by atoms with Gasteiger partial charge < -0.3 is 25.6 Å². The Kier molecular flexibility index (Phi) is 7.98. The van der Waals surface area contributed by atoms with Gasteiger partial charge in [0.2, 0.25) is 0 Å². The van der Waals surface area contributed by atoms with Gasteiger partial charge >= 0.3 is 0 Å². The first-order valence-corrected chi connectivity index (χ1v) is 11.2. The number of nitrogen functional groups attached to an aromatic ring is 1. The monoisotopic (exact) mass is 483 g/mol. The number of anilines is 1. The van der Waals surface area contributed by atoms with E-state index in [1.165, 1.54) is 0 Å². The minimum atomic E-state index is -0.777. The summed E-state index contributed by atoms with van der Waals surface area (Å²) in [6.45, 7) is 5.91. The molecule has 0 amide bonds. The van der Waals surface area contributed by atoms with Gasteiger partial charge in [-0.1, -0.05) is 26.7 Å². The predicted octanol–water partition coefficient (Wildman–Crippen LogP) is 2.37. The van der Waals surface area contributed by atoms with Crippen molar-refractivity contribution in [1.29, 1.82) is 0 Å². The quantitative estimate of drug-likeness (QED) is 0.346. The largest absolute Gasteiger partial charge is 0.394 e. The van der Waals surface area contributed by atoms with Gasteiger partial charge in [-0.3, -0.25) is 0 Å². The van der Waals surface area contributed by atoms with Gasteiger partial charge in [-0.2, -0.15) is 15.1 Å². The maximum atomic E-state index is 10.1. The van der Waals surface area contributed by atoms with E-state index >= 15 is 0 Å². The molecule has 0 aromatic carbocycles. The highest BCUT2D eigenvalue weighted by Gasteiger charge is 2.36. The van der Waals surface area contributed by atoms with Crippen molar-refractivity contribution in [2.75, 3.05) is 25.4 Å². The summed E-state index contributed by atoms with van der Waals surface area (Å²) in [6, 6.07) is 0. The Balaban J connectivity index is 1.90. The summed E-state index contributed by atoms with van der Waals surface area (Å²) < 4.78 is 7.77. The number of aromatic nitrogens is 4. The minimum absolute atomic E-state index is 0.240. The molecule has 3 atom stereocenters. The molecule has 1 aliphatic heterocycles. The van der Waals surface area contributed by atoms with Crippen LogP contribution in [0.2, 0.25) is 0 Å². The zero-order valence-corrected chi connectivity index (χ0v) is 19.0. The summed E-state index contributed by atoms with van der Waals surface area (Å²) in [5.41, 5.74) is 6.63. The number of aliphatic hydroxyl groups is 2. The molecule has 2 aromatic rings. The molecule has 2 aromatic heterocycles. The number of hydrogen-bond acceptors (Lipinski definition) is 8. The average molecular weight is 484 g/mol. The van der Waals surface area contributed by atoms with E-state index in [0.29, 0.717) is 22.1 Å². The highest BCUT2D eigenvalue weighted by Crippen LogP contribution is 2.35.